The van der Waals surface area contributed by atoms with E-state index in [1.54, 1.807) is 30.3 Å². The average Bonchev–Trinajstić information content (AvgIpc) is 2.48. The summed E-state index contributed by atoms with van der Waals surface area (Å²) in [6, 6.07) is 14.3. The zero-order valence-corrected chi connectivity index (χ0v) is 12.3. The van der Waals surface area contributed by atoms with E-state index in [0.29, 0.717) is 11.4 Å². The highest BCUT2D eigenvalue weighted by Gasteiger charge is 2.06. The van der Waals surface area contributed by atoms with Gasteiger partial charge in [-0.05, 0) is 45.8 Å². The lowest BCUT2D eigenvalue weighted by molar-refractivity contribution is -0.118. The maximum absolute atomic E-state index is 11.8. The molecule has 2 N–H and O–H groups in total. The van der Waals surface area contributed by atoms with Gasteiger partial charge in [0.2, 0.25) is 0 Å². The normalized spacial score (nSPS) is 10.1. The molecule has 0 heterocycles. The summed E-state index contributed by atoms with van der Waals surface area (Å²) in [6.07, 6.45) is 0. The number of halogens is 1. The lowest BCUT2D eigenvalue weighted by Crippen LogP contribution is -2.20. The number of nitrogens with one attached hydrogen (secondary N) is 1. The van der Waals surface area contributed by atoms with Gasteiger partial charge in [-0.2, -0.15) is 0 Å². The van der Waals surface area contributed by atoms with Gasteiger partial charge in [-0.15, -0.1) is 0 Å². The number of hydrogen-bond acceptors (Lipinski definition) is 3. The number of rotatable bonds is 5. The molecule has 0 bridgehead atoms. The maximum atomic E-state index is 11.8. The zero-order valence-electron chi connectivity index (χ0n) is 10.7. The first-order valence-electron chi connectivity index (χ1n) is 6.06. The number of benzene rings is 2. The smallest absolute Gasteiger partial charge is 0.262 e. The van der Waals surface area contributed by atoms with Crippen LogP contribution in [-0.2, 0) is 11.4 Å². The van der Waals surface area contributed by atoms with Gasteiger partial charge in [0, 0.05) is 4.47 Å². The molecule has 0 fully saturated rings. The molecule has 0 aliphatic heterocycles. The third kappa shape index (κ3) is 4.08. The van der Waals surface area contributed by atoms with E-state index in [0.717, 1.165) is 10.0 Å². The van der Waals surface area contributed by atoms with E-state index < -0.39 is 0 Å². The van der Waals surface area contributed by atoms with Crippen molar-refractivity contribution < 1.29 is 14.6 Å². The van der Waals surface area contributed by atoms with Crippen LogP contribution in [0.1, 0.15) is 5.56 Å². The number of carbonyl (C=O) groups excluding carboxylic acids is 1. The van der Waals surface area contributed by atoms with Crippen molar-refractivity contribution in [1.29, 1.82) is 0 Å². The number of amides is 1. The number of anilines is 1. The lowest BCUT2D eigenvalue weighted by atomic mass is 10.2. The highest BCUT2D eigenvalue weighted by Crippen LogP contribution is 2.21. The van der Waals surface area contributed by atoms with Crippen LogP contribution in [0, 0.1) is 0 Å². The number of carbonyl (C=O) groups is 1. The fourth-order valence-electron chi connectivity index (χ4n) is 1.59. The molecule has 0 saturated carbocycles. The summed E-state index contributed by atoms with van der Waals surface area (Å²) in [5.41, 5.74) is 1.51. The second-order valence-electron chi connectivity index (χ2n) is 4.12. The summed E-state index contributed by atoms with van der Waals surface area (Å²) >= 11 is 3.36. The van der Waals surface area contributed by atoms with Gasteiger partial charge in [0.15, 0.2) is 6.61 Å². The van der Waals surface area contributed by atoms with Crippen molar-refractivity contribution in [1.82, 2.24) is 0 Å². The SMILES string of the molecule is O=C(COc1ccc(CO)cc1)Nc1ccccc1Br. The Morgan fingerprint density at radius 3 is 2.50 bits per heavy atom. The summed E-state index contributed by atoms with van der Waals surface area (Å²) in [7, 11) is 0. The van der Waals surface area contributed by atoms with Crippen LogP contribution in [0.4, 0.5) is 5.69 Å². The molecule has 104 valence electrons. The van der Waals surface area contributed by atoms with Crippen LogP contribution in [0.25, 0.3) is 0 Å². The molecule has 0 aliphatic carbocycles. The minimum Gasteiger partial charge on any atom is -0.484 e. The van der Waals surface area contributed by atoms with Crippen molar-refractivity contribution in [2.24, 2.45) is 0 Å². The predicted octanol–water partition coefficient (Wildman–Crippen LogP) is 2.96. The molecule has 2 rings (SSSR count). The van der Waals surface area contributed by atoms with Crippen LogP contribution in [0.2, 0.25) is 0 Å². The minimum atomic E-state index is -0.233. The first-order valence-corrected chi connectivity index (χ1v) is 6.85. The summed E-state index contributed by atoms with van der Waals surface area (Å²) < 4.78 is 6.19. The lowest BCUT2D eigenvalue weighted by Gasteiger charge is -2.09. The second-order valence-corrected chi connectivity index (χ2v) is 4.97. The van der Waals surface area contributed by atoms with E-state index >= 15 is 0 Å². The van der Waals surface area contributed by atoms with Crippen molar-refractivity contribution in [3.8, 4) is 5.75 Å². The molecule has 0 spiro atoms. The van der Waals surface area contributed by atoms with Crippen molar-refractivity contribution in [2.45, 2.75) is 6.61 Å². The Labute approximate surface area is 125 Å². The van der Waals surface area contributed by atoms with Gasteiger partial charge in [-0.25, -0.2) is 0 Å². The number of hydrogen-bond donors (Lipinski definition) is 2. The van der Waals surface area contributed by atoms with Crippen LogP contribution in [-0.4, -0.2) is 17.6 Å². The molecule has 4 nitrogen and oxygen atoms in total. The molecule has 0 saturated heterocycles. The largest absolute Gasteiger partial charge is 0.484 e. The summed E-state index contributed by atoms with van der Waals surface area (Å²) in [5.74, 6) is 0.354. The third-order valence-electron chi connectivity index (χ3n) is 2.62. The topological polar surface area (TPSA) is 58.6 Å². The van der Waals surface area contributed by atoms with Crippen LogP contribution in [0.15, 0.2) is 53.0 Å². The summed E-state index contributed by atoms with van der Waals surface area (Å²) in [5, 5.41) is 11.7. The van der Waals surface area contributed by atoms with Gasteiger partial charge >= 0.3 is 0 Å². The fraction of sp³-hybridized carbons (Fsp3) is 0.133. The van der Waals surface area contributed by atoms with Gasteiger partial charge < -0.3 is 15.2 Å². The molecule has 2 aromatic rings. The van der Waals surface area contributed by atoms with E-state index in [4.69, 9.17) is 9.84 Å². The Balaban J connectivity index is 1.87. The molecular weight excluding hydrogens is 322 g/mol. The summed E-state index contributed by atoms with van der Waals surface area (Å²) in [6.45, 7) is -0.0807. The van der Waals surface area contributed by atoms with E-state index in [1.165, 1.54) is 0 Å². The second kappa shape index (κ2) is 7.07. The van der Waals surface area contributed by atoms with Gasteiger partial charge in [0.1, 0.15) is 5.75 Å². The van der Waals surface area contributed by atoms with Crippen molar-refractivity contribution >= 4 is 27.5 Å². The molecule has 0 unspecified atom stereocenters. The Bertz CT molecular complexity index is 584. The monoisotopic (exact) mass is 335 g/mol. The number of aliphatic hydroxyl groups excluding tert-OH is 1. The van der Waals surface area contributed by atoms with Gasteiger partial charge in [0.25, 0.3) is 5.91 Å². The predicted molar refractivity (Wildman–Crippen MR) is 80.6 cm³/mol. The first kappa shape index (κ1) is 14.6. The molecule has 0 radical (unpaired) electrons. The van der Waals surface area contributed by atoms with Crippen LogP contribution < -0.4 is 10.1 Å². The Morgan fingerprint density at radius 1 is 1.15 bits per heavy atom. The fourth-order valence-corrected chi connectivity index (χ4v) is 1.97. The first-order chi connectivity index (χ1) is 9.69. The number of ether oxygens (including phenoxy) is 1. The Morgan fingerprint density at radius 2 is 1.85 bits per heavy atom. The standard InChI is InChI=1S/C15H14BrNO3/c16-13-3-1-2-4-14(13)17-15(19)10-20-12-7-5-11(9-18)6-8-12/h1-8,18H,9-10H2,(H,17,19). The van der Waals surface area contributed by atoms with Gasteiger partial charge in [-0.1, -0.05) is 24.3 Å². The van der Waals surface area contributed by atoms with Gasteiger partial charge in [0.05, 0.1) is 12.3 Å². The van der Waals surface area contributed by atoms with Crippen LogP contribution in [0.3, 0.4) is 0 Å². The molecule has 20 heavy (non-hydrogen) atoms. The van der Waals surface area contributed by atoms with Crippen molar-refractivity contribution in [3.05, 3.63) is 58.6 Å². The highest BCUT2D eigenvalue weighted by atomic mass is 79.9. The van der Waals surface area contributed by atoms with Crippen molar-refractivity contribution in [2.75, 3.05) is 11.9 Å². The third-order valence-corrected chi connectivity index (χ3v) is 3.32. The van der Waals surface area contributed by atoms with E-state index in [2.05, 4.69) is 21.2 Å². The van der Waals surface area contributed by atoms with Crippen molar-refractivity contribution in [3.63, 3.8) is 0 Å². The molecule has 0 aliphatic rings. The molecular formula is C15H14BrNO3. The van der Waals surface area contributed by atoms with Gasteiger partial charge in [-0.3, -0.25) is 4.79 Å². The Kier molecular flexibility index (Phi) is 5.15. The average molecular weight is 336 g/mol. The molecule has 2 aromatic carbocycles. The molecule has 5 heteroatoms. The molecule has 0 atom stereocenters. The van der Waals surface area contributed by atoms with E-state index in [1.807, 2.05) is 18.2 Å². The van der Waals surface area contributed by atoms with Crippen LogP contribution >= 0.6 is 15.9 Å². The Hall–Kier alpha value is -1.85. The quantitative estimate of drug-likeness (QED) is 0.883. The maximum Gasteiger partial charge on any atom is 0.262 e. The number of aliphatic hydroxyl groups is 1. The van der Waals surface area contributed by atoms with E-state index in [9.17, 15) is 4.79 Å². The minimum absolute atomic E-state index is 0.0111. The zero-order chi connectivity index (χ0) is 14.4. The summed E-state index contributed by atoms with van der Waals surface area (Å²) in [4.78, 5) is 11.8. The molecule has 0 aromatic heterocycles. The van der Waals surface area contributed by atoms with E-state index in [-0.39, 0.29) is 19.1 Å². The van der Waals surface area contributed by atoms with Crippen LogP contribution in [0.5, 0.6) is 5.75 Å². The number of para-hydroxylation sites is 1. The highest BCUT2D eigenvalue weighted by molar-refractivity contribution is 9.10. The molecule has 1 amide bonds.